The van der Waals surface area contributed by atoms with Gasteiger partial charge < -0.3 is 0 Å². The second-order valence-corrected chi connectivity index (χ2v) is 11.2. The highest BCUT2D eigenvalue weighted by molar-refractivity contribution is 5.01. The average molecular weight is 400 g/mol. The van der Waals surface area contributed by atoms with Crippen LogP contribution >= 0.6 is 0 Å². The number of nitriles is 1. The summed E-state index contributed by atoms with van der Waals surface area (Å²) < 4.78 is 0. The standard InChI is InChI=1S/C28H49N/c1-3-5-6-7-8-9-23-10-12-24(13-11-23)25-14-16-26(17-15-25)27-18-20-28(4-2,22-29)21-19-27/h23-27H,3-21H2,1-2H3/t23-,24-,25?,26?,27-,28-. The minimum Gasteiger partial charge on any atom is -0.198 e. The van der Waals surface area contributed by atoms with E-state index in [2.05, 4.69) is 19.9 Å². The van der Waals surface area contributed by atoms with Crippen molar-refractivity contribution in [2.75, 3.05) is 0 Å². The maximum Gasteiger partial charge on any atom is 0.0689 e. The van der Waals surface area contributed by atoms with Crippen molar-refractivity contribution in [1.82, 2.24) is 0 Å². The molecule has 3 saturated carbocycles. The van der Waals surface area contributed by atoms with E-state index >= 15 is 0 Å². The van der Waals surface area contributed by atoms with E-state index in [4.69, 9.17) is 0 Å². The molecule has 0 amide bonds. The largest absolute Gasteiger partial charge is 0.198 e. The molecule has 0 aliphatic heterocycles. The van der Waals surface area contributed by atoms with Gasteiger partial charge in [0, 0.05) is 0 Å². The fraction of sp³-hybridized carbons (Fsp3) is 0.964. The highest BCUT2D eigenvalue weighted by Crippen LogP contribution is 2.49. The first kappa shape index (κ1) is 23.2. The minimum absolute atomic E-state index is 0.0301. The molecule has 0 atom stereocenters. The monoisotopic (exact) mass is 399 g/mol. The maximum atomic E-state index is 9.57. The SMILES string of the molecule is CCCCCCC[C@H]1CC[C@H](C2CCC([C@H]3CC[C@@](C#N)(CC)CC3)CC2)CC1. The number of hydrogen-bond acceptors (Lipinski definition) is 1. The Hall–Kier alpha value is -0.510. The maximum absolute atomic E-state index is 9.57. The lowest BCUT2D eigenvalue weighted by atomic mass is 9.62. The molecule has 1 nitrogen and oxygen atoms in total. The summed E-state index contributed by atoms with van der Waals surface area (Å²) in [5, 5.41) is 9.57. The summed E-state index contributed by atoms with van der Waals surface area (Å²) in [4.78, 5) is 0. The van der Waals surface area contributed by atoms with Crippen LogP contribution in [0.1, 0.15) is 136 Å². The molecule has 29 heavy (non-hydrogen) atoms. The lowest BCUT2D eigenvalue weighted by molar-refractivity contribution is 0.0916. The molecule has 3 aliphatic carbocycles. The van der Waals surface area contributed by atoms with Crippen LogP contribution in [0.5, 0.6) is 0 Å². The fourth-order valence-electron chi connectivity index (χ4n) is 7.28. The van der Waals surface area contributed by atoms with Crippen molar-refractivity contribution in [2.24, 2.45) is 35.0 Å². The van der Waals surface area contributed by atoms with E-state index in [0.717, 1.165) is 36.0 Å². The second kappa shape index (κ2) is 11.8. The van der Waals surface area contributed by atoms with Crippen LogP contribution in [-0.4, -0.2) is 0 Å². The van der Waals surface area contributed by atoms with E-state index in [1.165, 1.54) is 103 Å². The third-order valence-corrected chi connectivity index (χ3v) is 9.66. The normalized spacial score (nSPS) is 38.4. The first-order chi connectivity index (χ1) is 14.2. The van der Waals surface area contributed by atoms with Crippen LogP contribution in [0.4, 0.5) is 0 Å². The van der Waals surface area contributed by atoms with E-state index < -0.39 is 0 Å². The molecule has 0 aromatic carbocycles. The number of nitrogens with zero attached hydrogens (tertiary/aromatic N) is 1. The number of rotatable bonds is 9. The Morgan fingerprint density at radius 1 is 0.655 bits per heavy atom. The van der Waals surface area contributed by atoms with Gasteiger partial charge in [-0.1, -0.05) is 65.2 Å². The molecule has 0 spiro atoms. The Kier molecular flexibility index (Phi) is 9.40. The summed E-state index contributed by atoms with van der Waals surface area (Å²) in [6, 6.07) is 2.67. The van der Waals surface area contributed by atoms with Crippen molar-refractivity contribution >= 4 is 0 Å². The van der Waals surface area contributed by atoms with Crippen LogP contribution in [0.25, 0.3) is 0 Å². The molecule has 1 heteroatoms. The van der Waals surface area contributed by atoms with Gasteiger partial charge in [0.15, 0.2) is 0 Å². The molecule has 3 rings (SSSR count). The second-order valence-electron chi connectivity index (χ2n) is 11.2. The van der Waals surface area contributed by atoms with Crippen LogP contribution in [0.3, 0.4) is 0 Å². The Labute approximate surface area is 182 Å². The van der Waals surface area contributed by atoms with Crippen molar-refractivity contribution in [3.8, 4) is 6.07 Å². The molecule has 0 heterocycles. The fourth-order valence-corrected chi connectivity index (χ4v) is 7.28. The Morgan fingerprint density at radius 3 is 1.62 bits per heavy atom. The van der Waals surface area contributed by atoms with Crippen molar-refractivity contribution in [3.05, 3.63) is 0 Å². The van der Waals surface area contributed by atoms with E-state index in [1.54, 1.807) is 12.8 Å². The Balaban J connectivity index is 1.31. The summed E-state index contributed by atoms with van der Waals surface area (Å²) >= 11 is 0. The lowest BCUT2D eigenvalue weighted by Crippen LogP contribution is -2.32. The average Bonchev–Trinajstić information content (AvgIpc) is 2.79. The molecule has 166 valence electrons. The van der Waals surface area contributed by atoms with Gasteiger partial charge in [-0.15, -0.1) is 0 Å². The van der Waals surface area contributed by atoms with Gasteiger partial charge in [0.25, 0.3) is 0 Å². The van der Waals surface area contributed by atoms with Crippen LogP contribution in [-0.2, 0) is 0 Å². The quantitative estimate of drug-likeness (QED) is 0.355. The van der Waals surface area contributed by atoms with Gasteiger partial charge in [-0.25, -0.2) is 0 Å². The van der Waals surface area contributed by atoms with Gasteiger partial charge in [-0.3, -0.25) is 0 Å². The highest BCUT2D eigenvalue weighted by atomic mass is 14.4. The van der Waals surface area contributed by atoms with Gasteiger partial charge in [0.1, 0.15) is 0 Å². The summed E-state index contributed by atoms with van der Waals surface area (Å²) in [5.74, 6) is 5.09. The molecule has 0 N–H and O–H groups in total. The van der Waals surface area contributed by atoms with Crippen molar-refractivity contribution < 1.29 is 0 Å². The molecule has 0 unspecified atom stereocenters. The zero-order valence-corrected chi connectivity index (χ0v) is 19.8. The Morgan fingerprint density at radius 2 is 1.14 bits per heavy atom. The highest BCUT2D eigenvalue weighted by Gasteiger charge is 2.38. The first-order valence-corrected chi connectivity index (χ1v) is 13.6. The minimum atomic E-state index is 0.0301. The van der Waals surface area contributed by atoms with Crippen molar-refractivity contribution in [1.29, 1.82) is 5.26 Å². The summed E-state index contributed by atoms with van der Waals surface area (Å²) in [5.41, 5.74) is 0.0301. The van der Waals surface area contributed by atoms with E-state index in [9.17, 15) is 5.26 Å². The number of hydrogen-bond donors (Lipinski definition) is 0. The predicted molar refractivity (Wildman–Crippen MR) is 125 cm³/mol. The zero-order chi connectivity index (χ0) is 20.5. The smallest absolute Gasteiger partial charge is 0.0689 e. The molecule has 0 radical (unpaired) electrons. The van der Waals surface area contributed by atoms with Crippen LogP contribution < -0.4 is 0 Å². The van der Waals surface area contributed by atoms with Gasteiger partial charge in [0.2, 0.25) is 0 Å². The lowest BCUT2D eigenvalue weighted by Gasteiger charge is -2.42. The summed E-state index contributed by atoms with van der Waals surface area (Å²) in [6.45, 7) is 4.53. The van der Waals surface area contributed by atoms with Gasteiger partial charge in [-0.2, -0.15) is 5.26 Å². The molecule has 3 fully saturated rings. The van der Waals surface area contributed by atoms with Gasteiger partial charge >= 0.3 is 0 Å². The van der Waals surface area contributed by atoms with Crippen molar-refractivity contribution in [2.45, 2.75) is 136 Å². The third kappa shape index (κ3) is 6.48. The summed E-state index contributed by atoms with van der Waals surface area (Å²) in [6.07, 6.45) is 27.0. The Bertz CT molecular complexity index is 479. The molecule has 0 aromatic rings. The van der Waals surface area contributed by atoms with E-state index in [-0.39, 0.29) is 5.41 Å². The molecule has 0 bridgehead atoms. The van der Waals surface area contributed by atoms with Gasteiger partial charge in [0.05, 0.1) is 11.5 Å². The van der Waals surface area contributed by atoms with Crippen LogP contribution in [0.2, 0.25) is 0 Å². The van der Waals surface area contributed by atoms with E-state index in [1.807, 2.05) is 0 Å². The molecule has 0 saturated heterocycles. The topological polar surface area (TPSA) is 23.8 Å². The predicted octanol–water partition coefficient (Wildman–Crippen LogP) is 9.07. The van der Waals surface area contributed by atoms with Crippen LogP contribution in [0.15, 0.2) is 0 Å². The first-order valence-electron chi connectivity index (χ1n) is 13.6. The zero-order valence-electron chi connectivity index (χ0n) is 19.8. The molecular formula is C28H49N. The van der Waals surface area contributed by atoms with Gasteiger partial charge in [-0.05, 0) is 100 Å². The van der Waals surface area contributed by atoms with Crippen molar-refractivity contribution in [3.63, 3.8) is 0 Å². The molecule has 3 aliphatic rings. The number of unbranched alkanes of at least 4 members (excludes halogenated alkanes) is 4. The van der Waals surface area contributed by atoms with Crippen LogP contribution in [0, 0.1) is 46.3 Å². The van der Waals surface area contributed by atoms with E-state index in [0.29, 0.717) is 0 Å². The third-order valence-electron chi connectivity index (χ3n) is 9.66. The summed E-state index contributed by atoms with van der Waals surface area (Å²) in [7, 11) is 0. The molecule has 0 aromatic heterocycles. The molecular weight excluding hydrogens is 350 g/mol.